The van der Waals surface area contributed by atoms with Crippen molar-refractivity contribution in [2.45, 2.75) is 44.3 Å². The fourth-order valence-electron chi connectivity index (χ4n) is 2.24. The molecule has 1 aromatic rings. The lowest BCUT2D eigenvalue weighted by molar-refractivity contribution is -0.144. The molecule has 1 aliphatic rings. The number of hydrogen-bond donors (Lipinski definition) is 2. The number of aliphatic carboxylic acids is 1. The molecule has 0 amide bonds. The van der Waals surface area contributed by atoms with E-state index in [1.54, 1.807) is 0 Å². The fraction of sp³-hybridized carbons (Fsp3) is 0.727. The summed E-state index contributed by atoms with van der Waals surface area (Å²) in [4.78, 5) is 14.8. The van der Waals surface area contributed by atoms with Gasteiger partial charge in [0.25, 0.3) is 0 Å². The van der Waals surface area contributed by atoms with Crippen molar-refractivity contribution in [3.63, 3.8) is 0 Å². The summed E-state index contributed by atoms with van der Waals surface area (Å²) >= 11 is 0.531. The molecule has 1 aliphatic carbocycles. The van der Waals surface area contributed by atoms with E-state index in [9.17, 15) is 23.1 Å². The minimum Gasteiger partial charge on any atom is -0.480 e. The number of aromatic nitrogens is 2. The highest BCUT2D eigenvalue weighted by Crippen LogP contribution is 2.36. The zero-order valence-electron chi connectivity index (χ0n) is 10.7. The average Bonchev–Trinajstić information content (AvgIpc) is 2.80. The van der Waals surface area contributed by atoms with Crippen LogP contribution in [0.1, 0.15) is 38.4 Å². The van der Waals surface area contributed by atoms with Gasteiger partial charge in [0.1, 0.15) is 5.54 Å². The van der Waals surface area contributed by atoms with Gasteiger partial charge in [-0.25, -0.2) is 4.79 Å². The third-order valence-electron chi connectivity index (χ3n) is 3.56. The maximum absolute atomic E-state index is 12.4. The molecule has 0 aromatic carbocycles. The Kier molecular flexibility index (Phi) is 3.90. The van der Waals surface area contributed by atoms with E-state index in [2.05, 4.69) is 14.7 Å². The van der Waals surface area contributed by atoms with Gasteiger partial charge < -0.3 is 10.4 Å². The highest BCUT2D eigenvalue weighted by molar-refractivity contribution is 7.09. The summed E-state index contributed by atoms with van der Waals surface area (Å²) in [5.74, 6) is -1.88. The Morgan fingerprint density at radius 3 is 2.50 bits per heavy atom. The molecule has 0 saturated heterocycles. The SMILES string of the molecule is CC1CCC(Nc2nc(C(F)(F)F)ns2)(C(=O)O)CC1. The molecule has 0 atom stereocenters. The Bertz CT molecular complexity index is 495. The van der Waals surface area contributed by atoms with Crippen LogP contribution >= 0.6 is 11.5 Å². The van der Waals surface area contributed by atoms with Gasteiger partial charge in [0.05, 0.1) is 0 Å². The summed E-state index contributed by atoms with van der Waals surface area (Å²) in [5.41, 5.74) is -1.24. The summed E-state index contributed by atoms with van der Waals surface area (Å²) in [6.45, 7) is 2.03. The monoisotopic (exact) mass is 309 g/mol. The molecule has 0 radical (unpaired) electrons. The zero-order chi connectivity index (χ0) is 15.0. The van der Waals surface area contributed by atoms with Crippen LogP contribution in [0.4, 0.5) is 18.3 Å². The minimum absolute atomic E-state index is 0.103. The van der Waals surface area contributed by atoms with E-state index < -0.39 is 23.5 Å². The number of nitrogens with one attached hydrogen (secondary N) is 1. The molecule has 9 heteroatoms. The Morgan fingerprint density at radius 2 is 2.05 bits per heavy atom. The van der Waals surface area contributed by atoms with E-state index in [1.165, 1.54) is 0 Å². The van der Waals surface area contributed by atoms with Crippen LogP contribution in [-0.2, 0) is 11.0 Å². The summed E-state index contributed by atoms with van der Waals surface area (Å²) in [6.07, 6.45) is -2.46. The van der Waals surface area contributed by atoms with Gasteiger partial charge in [-0.1, -0.05) is 6.92 Å². The Balaban J connectivity index is 2.17. The molecule has 2 rings (SSSR count). The van der Waals surface area contributed by atoms with Crippen molar-refractivity contribution in [2.24, 2.45) is 5.92 Å². The van der Waals surface area contributed by atoms with Crippen molar-refractivity contribution in [1.29, 1.82) is 0 Å². The van der Waals surface area contributed by atoms with Crippen LogP contribution in [0.3, 0.4) is 0 Å². The number of hydrogen-bond acceptors (Lipinski definition) is 5. The molecule has 1 aromatic heterocycles. The van der Waals surface area contributed by atoms with Crippen LogP contribution in [0.5, 0.6) is 0 Å². The highest BCUT2D eigenvalue weighted by atomic mass is 32.1. The summed E-state index contributed by atoms with van der Waals surface area (Å²) in [5, 5.41) is 11.9. The molecule has 5 nitrogen and oxygen atoms in total. The molecule has 0 spiro atoms. The van der Waals surface area contributed by atoms with E-state index in [-0.39, 0.29) is 5.13 Å². The number of carboxylic acids is 1. The second kappa shape index (κ2) is 5.19. The first-order valence-electron chi connectivity index (χ1n) is 6.15. The number of halogens is 3. The van der Waals surface area contributed by atoms with Gasteiger partial charge in [-0.2, -0.15) is 22.5 Å². The van der Waals surface area contributed by atoms with Gasteiger partial charge in [0.2, 0.25) is 11.0 Å². The second-order valence-corrected chi connectivity index (χ2v) is 5.87. The number of rotatable bonds is 3. The third kappa shape index (κ3) is 3.02. The largest absolute Gasteiger partial charge is 0.480 e. The lowest BCUT2D eigenvalue weighted by atomic mass is 9.77. The van der Waals surface area contributed by atoms with Gasteiger partial charge in [0, 0.05) is 11.5 Å². The first-order chi connectivity index (χ1) is 9.23. The molecule has 0 bridgehead atoms. The fourth-order valence-corrected chi connectivity index (χ4v) is 2.93. The van der Waals surface area contributed by atoms with Crippen LogP contribution in [0, 0.1) is 5.92 Å². The Morgan fingerprint density at radius 1 is 1.45 bits per heavy atom. The third-order valence-corrected chi connectivity index (χ3v) is 4.19. The summed E-state index contributed by atoms with van der Waals surface area (Å²) in [6, 6.07) is 0. The predicted octanol–water partition coefficient (Wildman–Crippen LogP) is 3.00. The molecule has 2 N–H and O–H groups in total. The average molecular weight is 309 g/mol. The standard InChI is InChI=1S/C11H14F3N3O2S/c1-6-2-4-10(5-3-6,8(18)19)16-9-15-7(17-20-9)11(12,13)14/h6H,2-5H2,1H3,(H,18,19)(H,15,16,17). The van der Waals surface area contributed by atoms with Gasteiger partial charge in [-0.15, -0.1) is 0 Å². The smallest absolute Gasteiger partial charge is 0.452 e. The molecule has 0 unspecified atom stereocenters. The molecule has 1 fully saturated rings. The molecular formula is C11H14F3N3O2S. The van der Waals surface area contributed by atoms with Gasteiger partial charge in [0.15, 0.2) is 0 Å². The van der Waals surface area contributed by atoms with Crippen LogP contribution in [0.25, 0.3) is 0 Å². The molecule has 1 saturated carbocycles. The van der Waals surface area contributed by atoms with Crippen LogP contribution in [0.15, 0.2) is 0 Å². The van der Waals surface area contributed by atoms with E-state index in [0.717, 1.165) is 0 Å². The zero-order valence-corrected chi connectivity index (χ0v) is 11.5. The lowest BCUT2D eigenvalue weighted by Gasteiger charge is -2.36. The van der Waals surface area contributed by atoms with E-state index >= 15 is 0 Å². The number of nitrogens with zero attached hydrogens (tertiary/aromatic N) is 2. The van der Waals surface area contributed by atoms with Crippen molar-refractivity contribution in [3.05, 3.63) is 5.82 Å². The topological polar surface area (TPSA) is 75.1 Å². The normalized spacial score (nSPS) is 27.3. The minimum atomic E-state index is -4.62. The molecule has 1 heterocycles. The van der Waals surface area contributed by atoms with Crippen molar-refractivity contribution < 1.29 is 23.1 Å². The first-order valence-corrected chi connectivity index (χ1v) is 6.93. The van der Waals surface area contributed by atoms with Gasteiger partial charge in [-0.3, -0.25) is 0 Å². The van der Waals surface area contributed by atoms with Gasteiger partial charge >= 0.3 is 12.1 Å². The van der Waals surface area contributed by atoms with Crippen molar-refractivity contribution in [1.82, 2.24) is 9.36 Å². The lowest BCUT2D eigenvalue weighted by Crippen LogP contribution is -2.48. The van der Waals surface area contributed by atoms with Crippen LogP contribution < -0.4 is 5.32 Å². The van der Waals surface area contributed by atoms with Crippen LogP contribution in [0.2, 0.25) is 0 Å². The van der Waals surface area contributed by atoms with E-state index in [4.69, 9.17) is 0 Å². The van der Waals surface area contributed by atoms with Crippen molar-refractivity contribution in [3.8, 4) is 0 Å². The maximum atomic E-state index is 12.4. The molecule has 20 heavy (non-hydrogen) atoms. The summed E-state index contributed by atoms with van der Waals surface area (Å²) < 4.78 is 40.5. The van der Waals surface area contributed by atoms with E-state index in [1.807, 2.05) is 6.92 Å². The quantitative estimate of drug-likeness (QED) is 0.897. The second-order valence-electron chi connectivity index (χ2n) is 5.12. The molecule has 112 valence electrons. The number of alkyl halides is 3. The highest BCUT2D eigenvalue weighted by Gasteiger charge is 2.43. The van der Waals surface area contributed by atoms with Crippen molar-refractivity contribution in [2.75, 3.05) is 5.32 Å². The molecular weight excluding hydrogens is 295 g/mol. The van der Waals surface area contributed by atoms with Gasteiger partial charge in [-0.05, 0) is 31.6 Å². The first kappa shape index (κ1) is 15.0. The van der Waals surface area contributed by atoms with Crippen molar-refractivity contribution >= 4 is 22.6 Å². The Hall–Kier alpha value is -1.38. The maximum Gasteiger partial charge on any atom is 0.452 e. The van der Waals surface area contributed by atoms with E-state index in [0.29, 0.717) is 43.1 Å². The van der Waals surface area contributed by atoms with Crippen LogP contribution in [-0.4, -0.2) is 26.0 Å². The Labute approximate surface area is 117 Å². The number of carboxylic acid groups (broad SMARTS) is 1. The number of anilines is 1. The predicted molar refractivity (Wildman–Crippen MR) is 66.5 cm³/mol. The summed E-state index contributed by atoms with van der Waals surface area (Å²) in [7, 11) is 0. The molecule has 0 aliphatic heterocycles. The number of carbonyl (C=O) groups is 1.